The fourth-order valence-electron chi connectivity index (χ4n) is 1.44. The maximum Gasteiger partial charge on any atom is 0.119 e. The minimum absolute atomic E-state index is 0.382. The van der Waals surface area contributed by atoms with Gasteiger partial charge in [0.25, 0.3) is 0 Å². The van der Waals surface area contributed by atoms with Gasteiger partial charge in [0.05, 0.1) is 13.7 Å². The highest BCUT2D eigenvalue weighted by atomic mass is 16.5. The molecule has 16 heavy (non-hydrogen) atoms. The fraction of sp³-hybridized carbons (Fsp3) is 0.385. The summed E-state index contributed by atoms with van der Waals surface area (Å²) >= 11 is 0. The van der Waals surface area contributed by atoms with Gasteiger partial charge in [0, 0.05) is 12.1 Å². The highest BCUT2D eigenvalue weighted by Crippen LogP contribution is 2.18. The van der Waals surface area contributed by atoms with Crippen LogP contribution in [0.4, 0.5) is 0 Å². The summed E-state index contributed by atoms with van der Waals surface area (Å²) in [5.74, 6) is 6.80. The van der Waals surface area contributed by atoms with E-state index in [1.165, 1.54) is 0 Å². The van der Waals surface area contributed by atoms with Crippen molar-refractivity contribution < 1.29 is 4.74 Å². The third-order valence-electron chi connectivity index (χ3n) is 2.12. The van der Waals surface area contributed by atoms with Gasteiger partial charge in [-0.05, 0) is 37.9 Å². The molecule has 3 nitrogen and oxygen atoms in total. The number of nitrogens with two attached hydrogens (primary N) is 1. The third-order valence-corrected chi connectivity index (χ3v) is 2.12. The van der Waals surface area contributed by atoms with Crippen molar-refractivity contribution in [3.63, 3.8) is 0 Å². The standard InChI is InChI=1S/C13H18N2O/c1-15(2)10-12-9-13(16-3)7-6-11(12)5-4-8-14/h6-7,9H,8,10,14H2,1-3H3. The average molecular weight is 218 g/mol. The van der Waals surface area contributed by atoms with Crippen LogP contribution in [-0.4, -0.2) is 32.6 Å². The Kier molecular flexibility index (Phi) is 4.84. The first-order valence-electron chi connectivity index (χ1n) is 5.18. The minimum atomic E-state index is 0.382. The number of nitrogens with zero attached hydrogens (tertiary/aromatic N) is 1. The second-order valence-corrected chi connectivity index (χ2v) is 3.77. The molecule has 0 heterocycles. The molecule has 2 N–H and O–H groups in total. The van der Waals surface area contributed by atoms with E-state index in [9.17, 15) is 0 Å². The molecule has 3 heteroatoms. The molecule has 0 atom stereocenters. The lowest BCUT2D eigenvalue weighted by Gasteiger charge is -2.12. The van der Waals surface area contributed by atoms with Gasteiger partial charge in [-0.3, -0.25) is 0 Å². The van der Waals surface area contributed by atoms with Crippen LogP contribution in [0.15, 0.2) is 18.2 Å². The van der Waals surface area contributed by atoms with Crippen LogP contribution >= 0.6 is 0 Å². The van der Waals surface area contributed by atoms with Crippen molar-refractivity contribution in [3.8, 4) is 17.6 Å². The van der Waals surface area contributed by atoms with Gasteiger partial charge in [-0.15, -0.1) is 0 Å². The van der Waals surface area contributed by atoms with E-state index in [0.717, 1.165) is 23.4 Å². The summed E-state index contributed by atoms with van der Waals surface area (Å²) in [4.78, 5) is 2.10. The number of rotatable bonds is 3. The number of ether oxygens (including phenoxy) is 1. The molecule has 0 radical (unpaired) electrons. The van der Waals surface area contributed by atoms with Crippen molar-refractivity contribution in [1.29, 1.82) is 0 Å². The van der Waals surface area contributed by atoms with Crippen LogP contribution < -0.4 is 10.5 Å². The number of methoxy groups -OCH3 is 1. The lowest BCUT2D eigenvalue weighted by Crippen LogP contribution is -2.12. The third kappa shape index (κ3) is 3.58. The van der Waals surface area contributed by atoms with Crippen LogP contribution in [0.2, 0.25) is 0 Å². The summed E-state index contributed by atoms with van der Waals surface area (Å²) in [5.41, 5.74) is 7.55. The van der Waals surface area contributed by atoms with E-state index in [0.29, 0.717) is 6.54 Å². The Hall–Kier alpha value is -1.50. The van der Waals surface area contributed by atoms with E-state index in [2.05, 4.69) is 16.7 Å². The summed E-state index contributed by atoms with van der Waals surface area (Å²) < 4.78 is 5.20. The monoisotopic (exact) mass is 218 g/mol. The first-order valence-corrected chi connectivity index (χ1v) is 5.18. The van der Waals surface area contributed by atoms with Gasteiger partial charge in [0.2, 0.25) is 0 Å². The molecule has 0 saturated carbocycles. The molecule has 0 saturated heterocycles. The van der Waals surface area contributed by atoms with E-state index in [4.69, 9.17) is 10.5 Å². The van der Waals surface area contributed by atoms with Gasteiger partial charge >= 0.3 is 0 Å². The van der Waals surface area contributed by atoms with Gasteiger partial charge in [-0.25, -0.2) is 0 Å². The molecular weight excluding hydrogens is 200 g/mol. The molecular formula is C13H18N2O. The zero-order chi connectivity index (χ0) is 12.0. The Bertz CT molecular complexity index is 402. The summed E-state index contributed by atoms with van der Waals surface area (Å²) in [6.45, 7) is 1.22. The SMILES string of the molecule is COc1ccc(C#CCN)c(CN(C)C)c1. The van der Waals surface area contributed by atoms with Gasteiger partial charge in [-0.2, -0.15) is 0 Å². The van der Waals surface area contributed by atoms with Crippen LogP contribution in [0.1, 0.15) is 11.1 Å². The molecule has 0 bridgehead atoms. The molecule has 0 fully saturated rings. The highest BCUT2D eigenvalue weighted by molar-refractivity contribution is 5.45. The van der Waals surface area contributed by atoms with E-state index in [1.54, 1.807) is 7.11 Å². The van der Waals surface area contributed by atoms with Gasteiger partial charge in [-0.1, -0.05) is 11.8 Å². The van der Waals surface area contributed by atoms with Gasteiger partial charge in [0.1, 0.15) is 5.75 Å². The summed E-state index contributed by atoms with van der Waals surface area (Å²) in [6.07, 6.45) is 0. The van der Waals surface area contributed by atoms with Crippen molar-refractivity contribution >= 4 is 0 Å². The van der Waals surface area contributed by atoms with Crippen LogP contribution in [0.3, 0.4) is 0 Å². The Labute approximate surface area is 97.2 Å². The van der Waals surface area contributed by atoms with Crippen molar-refractivity contribution in [2.75, 3.05) is 27.7 Å². The second kappa shape index (κ2) is 6.16. The Morgan fingerprint density at radius 3 is 2.69 bits per heavy atom. The van der Waals surface area contributed by atoms with Crippen LogP contribution in [-0.2, 0) is 6.54 Å². The second-order valence-electron chi connectivity index (χ2n) is 3.77. The van der Waals surface area contributed by atoms with Gasteiger partial charge in [0.15, 0.2) is 0 Å². The molecule has 0 aliphatic carbocycles. The topological polar surface area (TPSA) is 38.5 Å². The summed E-state index contributed by atoms with van der Waals surface area (Å²) in [5, 5.41) is 0. The van der Waals surface area contributed by atoms with Crippen molar-refractivity contribution in [2.45, 2.75) is 6.54 Å². The first-order chi connectivity index (χ1) is 7.67. The molecule has 0 aliphatic heterocycles. The lowest BCUT2D eigenvalue weighted by atomic mass is 10.1. The van der Waals surface area contributed by atoms with Crippen molar-refractivity contribution in [1.82, 2.24) is 4.90 Å². The molecule has 1 aromatic carbocycles. The van der Waals surface area contributed by atoms with Crippen LogP contribution in [0.5, 0.6) is 5.75 Å². The number of benzene rings is 1. The average Bonchev–Trinajstić information content (AvgIpc) is 2.26. The fourth-order valence-corrected chi connectivity index (χ4v) is 1.44. The molecule has 0 aromatic heterocycles. The minimum Gasteiger partial charge on any atom is -0.497 e. The predicted octanol–water partition coefficient (Wildman–Crippen LogP) is 1.07. The van der Waals surface area contributed by atoms with Crippen LogP contribution in [0.25, 0.3) is 0 Å². The maximum atomic E-state index is 5.38. The highest BCUT2D eigenvalue weighted by Gasteiger charge is 2.03. The normalized spacial score (nSPS) is 9.81. The number of hydrogen-bond donors (Lipinski definition) is 1. The Balaban J connectivity index is 3.05. The molecule has 1 aromatic rings. The molecule has 0 spiro atoms. The molecule has 0 unspecified atom stereocenters. The summed E-state index contributed by atoms with van der Waals surface area (Å²) in [6, 6.07) is 5.90. The molecule has 86 valence electrons. The van der Waals surface area contributed by atoms with Crippen molar-refractivity contribution in [2.24, 2.45) is 5.73 Å². The lowest BCUT2D eigenvalue weighted by molar-refractivity contribution is 0.395. The molecule has 1 rings (SSSR count). The van der Waals surface area contributed by atoms with Crippen molar-refractivity contribution in [3.05, 3.63) is 29.3 Å². The number of hydrogen-bond acceptors (Lipinski definition) is 3. The molecule has 0 amide bonds. The zero-order valence-corrected chi connectivity index (χ0v) is 10.1. The van der Waals surface area contributed by atoms with E-state index < -0.39 is 0 Å². The predicted molar refractivity (Wildman–Crippen MR) is 66.3 cm³/mol. The first kappa shape index (κ1) is 12.6. The van der Waals surface area contributed by atoms with Gasteiger partial charge < -0.3 is 15.4 Å². The zero-order valence-electron chi connectivity index (χ0n) is 10.1. The Morgan fingerprint density at radius 2 is 2.12 bits per heavy atom. The van der Waals surface area contributed by atoms with E-state index in [1.807, 2.05) is 32.3 Å². The smallest absolute Gasteiger partial charge is 0.119 e. The summed E-state index contributed by atoms with van der Waals surface area (Å²) in [7, 11) is 5.72. The van der Waals surface area contributed by atoms with E-state index in [-0.39, 0.29) is 0 Å². The van der Waals surface area contributed by atoms with Crippen LogP contribution in [0, 0.1) is 11.8 Å². The quantitative estimate of drug-likeness (QED) is 0.771. The largest absolute Gasteiger partial charge is 0.497 e. The molecule has 0 aliphatic rings. The maximum absolute atomic E-state index is 5.38. The van der Waals surface area contributed by atoms with E-state index >= 15 is 0 Å². The Morgan fingerprint density at radius 1 is 1.38 bits per heavy atom.